The molecule has 3 aromatic rings. The van der Waals surface area contributed by atoms with Crippen LogP contribution in [0.15, 0.2) is 72.8 Å². The second kappa shape index (κ2) is 11.5. The van der Waals surface area contributed by atoms with Gasteiger partial charge in [0, 0.05) is 26.2 Å². The summed E-state index contributed by atoms with van der Waals surface area (Å²) in [6.45, 7) is 7.23. The number of amides is 1. The molecule has 5 nitrogen and oxygen atoms in total. The summed E-state index contributed by atoms with van der Waals surface area (Å²) in [4.78, 5) is 17.1. The first-order chi connectivity index (χ1) is 16.9. The predicted molar refractivity (Wildman–Crippen MR) is 142 cm³/mol. The Bertz CT molecular complexity index is 1130. The van der Waals surface area contributed by atoms with Gasteiger partial charge >= 0.3 is 0 Å². The van der Waals surface area contributed by atoms with Gasteiger partial charge in [0.05, 0.1) is 6.04 Å². The summed E-state index contributed by atoms with van der Waals surface area (Å²) < 4.78 is 6.11. The molecule has 1 aliphatic rings. The van der Waals surface area contributed by atoms with Gasteiger partial charge in [-0.2, -0.15) is 0 Å². The Balaban J connectivity index is 1.57. The third kappa shape index (κ3) is 6.50. The monoisotopic (exact) mass is 471 g/mol. The van der Waals surface area contributed by atoms with E-state index in [0.717, 1.165) is 31.8 Å². The highest BCUT2D eigenvalue weighted by molar-refractivity contribution is 5.80. The van der Waals surface area contributed by atoms with Crippen LogP contribution in [-0.2, 0) is 17.8 Å². The van der Waals surface area contributed by atoms with E-state index in [1.807, 2.05) is 32.0 Å². The highest BCUT2D eigenvalue weighted by Crippen LogP contribution is 2.38. The van der Waals surface area contributed by atoms with E-state index in [-0.39, 0.29) is 11.9 Å². The van der Waals surface area contributed by atoms with E-state index in [4.69, 9.17) is 4.74 Å². The summed E-state index contributed by atoms with van der Waals surface area (Å²) in [6.07, 6.45) is 0.433. The van der Waals surface area contributed by atoms with Gasteiger partial charge in [-0.1, -0.05) is 66.2 Å². The molecule has 2 atom stereocenters. The summed E-state index contributed by atoms with van der Waals surface area (Å²) in [5.41, 5.74) is 6.48. The van der Waals surface area contributed by atoms with Crippen LogP contribution in [0.2, 0.25) is 0 Å². The van der Waals surface area contributed by atoms with Crippen molar-refractivity contribution < 1.29 is 9.53 Å². The summed E-state index contributed by atoms with van der Waals surface area (Å²) in [7, 11) is 3.98. The molecule has 1 amide bonds. The van der Waals surface area contributed by atoms with Gasteiger partial charge in [-0.15, -0.1) is 0 Å². The molecule has 0 radical (unpaired) electrons. The van der Waals surface area contributed by atoms with Gasteiger partial charge in [-0.3, -0.25) is 9.69 Å². The second-order valence-corrected chi connectivity index (χ2v) is 9.74. The first-order valence-electron chi connectivity index (χ1n) is 12.5. The number of carbonyl (C=O) groups excluding carboxylic acids is 1. The van der Waals surface area contributed by atoms with Gasteiger partial charge in [0.25, 0.3) is 5.91 Å². The molecule has 184 valence electrons. The molecule has 0 saturated heterocycles. The maximum atomic E-state index is 12.5. The number of ether oxygens (including phenoxy) is 1. The van der Waals surface area contributed by atoms with E-state index in [1.165, 1.54) is 27.8 Å². The molecule has 5 heteroatoms. The highest BCUT2D eigenvalue weighted by atomic mass is 16.5. The standard InChI is InChI=1S/C30H37N3O2/c1-22-9-8-10-24(19-22)21-33-17-15-25-13-14-27(35-23(2)30(34)31-16-18-32(3)4)20-28(25)29(33)26-11-6-5-7-12-26/h5-14,19-20,23,29H,15-18,21H2,1-4H3,(H,31,34)/t23-,29+/m1/s1. The third-order valence-electron chi connectivity index (χ3n) is 6.57. The molecule has 0 unspecified atom stereocenters. The van der Waals surface area contributed by atoms with Gasteiger partial charge in [-0.25, -0.2) is 0 Å². The molecule has 0 fully saturated rings. The lowest BCUT2D eigenvalue weighted by atomic mass is 9.87. The van der Waals surface area contributed by atoms with Crippen molar-refractivity contribution in [2.24, 2.45) is 0 Å². The number of nitrogens with zero attached hydrogens (tertiary/aromatic N) is 2. The number of hydrogen-bond acceptors (Lipinski definition) is 4. The fraction of sp³-hybridized carbons (Fsp3) is 0.367. The van der Waals surface area contributed by atoms with Crippen LogP contribution < -0.4 is 10.1 Å². The van der Waals surface area contributed by atoms with Crippen LogP contribution in [0.5, 0.6) is 5.75 Å². The van der Waals surface area contributed by atoms with Crippen molar-refractivity contribution in [2.75, 3.05) is 33.7 Å². The Kier molecular flexibility index (Phi) is 8.21. The number of hydrogen-bond donors (Lipinski definition) is 1. The average molecular weight is 472 g/mol. The van der Waals surface area contributed by atoms with Gasteiger partial charge < -0.3 is 15.0 Å². The van der Waals surface area contributed by atoms with Crippen molar-refractivity contribution in [3.63, 3.8) is 0 Å². The van der Waals surface area contributed by atoms with Crippen molar-refractivity contribution in [3.8, 4) is 5.75 Å². The number of rotatable bonds is 9. The van der Waals surface area contributed by atoms with Crippen LogP contribution in [0.4, 0.5) is 0 Å². The summed E-state index contributed by atoms with van der Waals surface area (Å²) in [5.74, 6) is 0.641. The summed E-state index contributed by atoms with van der Waals surface area (Å²) in [5, 5.41) is 2.96. The minimum Gasteiger partial charge on any atom is -0.481 e. The molecular weight excluding hydrogens is 434 g/mol. The molecule has 35 heavy (non-hydrogen) atoms. The van der Waals surface area contributed by atoms with E-state index >= 15 is 0 Å². The number of fused-ring (bicyclic) bond motifs is 1. The van der Waals surface area contributed by atoms with E-state index in [1.54, 1.807) is 0 Å². The van der Waals surface area contributed by atoms with Crippen LogP contribution in [0.3, 0.4) is 0 Å². The van der Waals surface area contributed by atoms with Crippen LogP contribution in [0.1, 0.15) is 40.8 Å². The van der Waals surface area contributed by atoms with Gasteiger partial charge in [0.15, 0.2) is 6.10 Å². The summed E-state index contributed by atoms with van der Waals surface area (Å²) in [6, 6.07) is 25.9. The minimum absolute atomic E-state index is 0.0924. The van der Waals surface area contributed by atoms with Crippen molar-refractivity contribution in [2.45, 2.75) is 39.0 Å². The molecule has 0 bridgehead atoms. The van der Waals surface area contributed by atoms with Crippen LogP contribution in [-0.4, -0.2) is 55.5 Å². The zero-order chi connectivity index (χ0) is 24.8. The number of benzene rings is 3. The van der Waals surface area contributed by atoms with Gasteiger partial charge in [0.2, 0.25) is 0 Å². The maximum Gasteiger partial charge on any atom is 0.260 e. The van der Waals surface area contributed by atoms with E-state index < -0.39 is 6.10 Å². The number of nitrogens with one attached hydrogen (secondary N) is 1. The molecule has 0 saturated carbocycles. The van der Waals surface area contributed by atoms with Gasteiger partial charge in [0.1, 0.15) is 5.75 Å². The molecule has 1 aliphatic heterocycles. The van der Waals surface area contributed by atoms with Crippen LogP contribution in [0.25, 0.3) is 0 Å². The fourth-order valence-corrected chi connectivity index (χ4v) is 4.76. The third-order valence-corrected chi connectivity index (χ3v) is 6.57. The van der Waals surface area contributed by atoms with E-state index in [2.05, 4.69) is 83.9 Å². The molecule has 0 spiro atoms. The van der Waals surface area contributed by atoms with Crippen molar-refractivity contribution in [1.29, 1.82) is 0 Å². The van der Waals surface area contributed by atoms with Crippen LogP contribution in [0, 0.1) is 6.92 Å². The Hall–Kier alpha value is -3.15. The molecule has 0 aromatic heterocycles. The lowest BCUT2D eigenvalue weighted by Crippen LogP contribution is -2.39. The quantitative estimate of drug-likeness (QED) is 0.496. The smallest absolute Gasteiger partial charge is 0.260 e. The topological polar surface area (TPSA) is 44.8 Å². The number of aryl methyl sites for hydroxylation is 1. The lowest BCUT2D eigenvalue weighted by molar-refractivity contribution is -0.127. The van der Waals surface area contributed by atoms with Gasteiger partial charge in [-0.05, 0) is 68.8 Å². The molecule has 4 rings (SSSR count). The Morgan fingerprint density at radius 3 is 2.63 bits per heavy atom. The SMILES string of the molecule is Cc1cccc(CN2CCc3ccc(O[C@H](C)C(=O)NCCN(C)C)cc3[C@@H]2c2ccccc2)c1. The fourth-order valence-electron chi connectivity index (χ4n) is 4.76. The largest absolute Gasteiger partial charge is 0.481 e. The van der Waals surface area contributed by atoms with Crippen molar-refractivity contribution in [3.05, 3.63) is 101 Å². The Morgan fingerprint density at radius 1 is 1.09 bits per heavy atom. The number of likely N-dealkylation sites (N-methyl/N-ethyl adjacent to an activating group) is 1. The summed E-state index contributed by atoms with van der Waals surface area (Å²) >= 11 is 0. The minimum atomic E-state index is -0.558. The molecule has 1 heterocycles. The van der Waals surface area contributed by atoms with Crippen molar-refractivity contribution >= 4 is 5.91 Å². The first-order valence-corrected chi connectivity index (χ1v) is 12.5. The normalized spacial score (nSPS) is 16.5. The predicted octanol–water partition coefficient (Wildman–Crippen LogP) is 4.59. The first kappa shape index (κ1) is 25.0. The Labute approximate surface area is 209 Å². The zero-order valence-electron chi connectivity index (χ0n) is 21.3. The average Bonchev–Trinajstić information content (AvgIpc) is 2.84. The maximum absolute atomic E-state index is 12.5. The van der Waals surface area contributed by atoms with Crippen LogP contribution >= 0.6 is 0 Å². The molecular formula is C30H37N3O2. The second-order valence-electron chi connectivity index (χ2n) is 9.74. The van der Waals surface area contributed by atoms with Crippen molar-refractivity contribution in [1.82, 2.24) is 15.1 Å². The molecule has 1 N–H and O–H groups in total. The zero-order valence-corrected chi connectivity index (χ0v) is 21.3. The molecule has 3 aromatic carbocycles. The lowest BCUT2D eigenvalue weighted by Gasteiger charge is -2.38. The van der Waals surface area contributed by atoms with E-state index in [0.29, 0.717) is 6.54 Å². The number of carbonyl (C=O) groups is 1. The Morgan fingerprint density at radius 2 is 1.89 bits per heavy atom. The molecule has 0 aliphatic carbocycles. The van der Waals surface area contributed by atoms with E-state index in [9.17, 15) is 4.79 Å². The highest BCUT2D eigenvalue weighted by Gasteiger charge is 2.29.